The van der Waals surface area contributed by atoms with Crippen molar-refractivity contribution in [2.24, 2.45) is 4.99 Å². The molecular weight excluding hydrogens is 529 g/mol. The number of benzene rings is 3. The first-order valence-electron chi connectivity index (χ1n) is 13.3. The Morgan fingerprint density at radius 3 is 2.37 bits per heavy atom. The highest BCUT2D eigenvalue weighted by atomic mass is 19.1. The van der Waals surface area contributed by atoms with E-state index in [2.05, 4.69) is 20.6 Å². The number of piperazine rings is 1. The number of hydrogen-bond acceptors (Lipinski definition) is 6. The molecule has 1 fully saturated rings. The lowest BCUT2D eigenvalue weighted by Gasteiger charge is -2.36. The molecule has 2 N–H and O–H groups in total. The average molecular weight is 557 g/mol. The van der Waals surface area contributed by atoms with E-state index < -0.39 is 23.4 Å². The van der Waals surface area contributed by atoms with E-state index in [9.17, 15) is 9.18 Å². The third-order valence-corrected chi connectivity index (χ3v) is 7.20. The van der Waals surface area contributed by atoms with Crippen molar-refractivity contribution in [3.8, 4) is 22.5 Å². The van der Waals surface area contributed by atoms with Crippen molar-refractivity contribution in [2.75, 3.05) is 18.4 Å². The standard InChI is InChI=1S/C31H27F3N6O/c1-17-15-40(16-18(2)36-17)30(41)22-12-20(10-11-24(22)32)37-31-38-28-21-7-4-3-6-19(21)13-35-14-23(28)29(39-31)27-25(33)8-5-9-26(27)34/h3-13,17-18,36H,14-16H2,1-2H3,(H,37,38,39). The number of anilines is 2. The van der Waals surface area contributed by atoms with E-state index in [0.29, 0.717) is 30.0 Å². The molecule has 6 rings (SSSR count). The Morgan fingerprint density at radius 1 is 0.902 bits per heavy atom. The van der Waals surface area contributed by atoms with Gasteiger partial charge in [0.2, 0.25) is 5.95 Å². The van der Waals surface area contributed by atoms with Crippen molar-refractivity contribution in [1.29, 1.82) is 0 Å². The van der Waals surface area contributed by atoms with Crippen LogP contribution in [0.2, 0.25) is 0 Å². The van der Waals surface area contributed by atoms with Gasteiger partial charge in [-0.05, 0) is 44.2 Å². The molecular formula is C31H27F3N6O. The van der Waals surface area contributed by atoms with E-state index in [1.54, 1.807) is 11.1 Å². The van der Waals surface area contributed by atoms with Gasteiger partial charge < -0.3 is 15.5 Å². The number of rotatable bonds is 4. The van der Waals surface area contributed by atoms with Crippen molar-refractivity contribution < 1.29 is 18.0 Å². The maximum atomic E-state index is 15.0. The summed E-state index contributed by atoms with van der Waals surface area (Å²) in [5.74, 6) is -2.58. The second kappa shape index (κ2) is 10.8. The molecule has 2 aliphatic heterocycles. The molecule has 4 aromatic rings. The van der Waals surface area contributed by atoms with Gasteiger partial charge in [0.1, 0.15) is 17.5 Å². The predicted molar refractivity (Wildman–Crippen MR) is 152 cm³/mol. The zero-order valence-corrected chi connectivity index (χ0v) is 22.5. The highest BCUT2D eigenvalue weighted by molar-refractivity contribution is 5.96. The fourth-order valence-corrected chi connectivity index (χ4v) is 5.46. The SMILES string of the molecule is CC1CN(C(=O)c2cc(Nc3nc4c(c(-c5c(F)cccc5F)n3)CN=Cc3ccccc3-4)ccc2F)CC(C)N1. The van der Waals surface area contributed by atoms with Gasteiger partial charge in [-0.15, -0.1) is 0 Å². The third-order valence-electron chi connectivity index (χ3n) is 7.20. The predicted octanol–water partition coefficient (Wildman–Crippen LogP) is 5.73. The molecule has 1 amide bonds. The van der Waals surface area contributed by atoms with Gasteiger partial charge in [0.15, 0.2) is 0 Å². The minimum Gasteiger partial charge on any atom is -0.335 e. The van der Waals surface area contributed by atoms with Crippen molar-refractivity contribution in [1.82, 2.24) is 20.2 Å². The summed E-state index contributed by atoms with van der Waals surface area (Å²) < 4.78 is 45.0. The minimum absolute atomic E-state index is 0.0348. The summed E-state index contributed by atoms with van der Waals surface area (Å²) in [7, 11) is 0. The fourth-order valence-electron chi connectivity index (χ4n) is 5.46. The summed E-state index contributed by atoms with van der Waals surface area (Å²) in [6, 6.07) is 15.3. The number of aliphatic imine (C=N–C) groups is 1. The van der Waals surface area contributed by atoms with E-state index in [0.717, 1.165) is 11.1 Å². The Morgan fingerprint density at radius 2 is 1.61 bits per heavy atom. The smallest absolute Gasteiger partial charge is 0.257 e. The molecule has 0 saturated carbocycles. The van der Waals surface area contributed by atoms with Crippen LogP contribution < -0.4 is 10.6 Å². The topological polar surface area (TPSA) is 82.5 Å². The molecule has 0 aliphatic carbocycles. The largest absolute Gasteiger partial charge is 0.335 e. The number of nitrogens with one attached hydrogen (secondary N) is 2. The van der Waals surface area contributed by atoms with E-state index in [-0.39, 0.29) is 41.4 Å². The molecule has 1 saturated heterocycles. The number of halogens is 3. The van der Waals surface area contributed by atoms with Gasteiger partial charge in [-0.2, -0.15) is 0 Å². The molecule has 2 atom stereocenters. The maximum absolute atomic E-state index is 15.0. The molecule has 0 radical (unpaired) electrons. The molecule has 7 nitrogen and oxygen atoms in total. The van der Waals surface area contributed by atoms with Crippen LogP contribution in [-0.2, 0) is 6.54 Å². The highest BCUT2D eigenvalue weighted by Crippen LogP contribution is 2.37. The van der Waals surface area contributed by atoms with Crippen LogP contribution in [0.3, 0.4) is 0 Å². The summed E-state index contributed by atoms with van der Waals surface area (Å²) >= 11 is 0. The van der Waals surface area contributed by atoms with E-state index in [4.69, 9.17) is 4.98 Å². The normalized spacial score (nSPS) is 17.9. The summed E-state index contributed by atoms with van der Waals surface area (Å²) in [6.07, 6.45) is 1.70. The van der Waals surface area contributed by atoms with Crippen LogP contribution in [-0.4, -0.2) is 52.2 Å². The number of hydrogen-bond donors (Lipinski definition) is 2. The van der Waals surface area contributed by atoms with Gasteiger partial charge in [-0.25, -0.2) is 23.1 Å². The van der Waals surface area contributed by atoms with Gasteiger partial charge in [0, 0.05) is 53.8 Å². The number of carbonyl (C=O) groups excluding carboxylic acids is 1. The molecule has 2 unspecified atom stereocenters. The van der Waals surface area contributed by atoms with Gasteiger partial charge in [0.05, 0.1) is 29.1 Å². The lowest BCUT2D eigenvalue weighted by molar-refractivity contribution is 0.0669. The minimum atomic E-state index is -0.771. The molecule has 41 heavy (non-hydrogen) atoms. The van der Waals surface area contributed by atoms with Gasteiger partial charge in [-0.1, -0.05) is 30.3 Å². The van der Waals surface area contributed by atoms with Crippen molar-refractivity contribution in [3.05, 3.63) is 94.8 Å². The van der Waals surface area contributed by atoms with Crippen LogP contribution in [0.15, 0.2) is 65.7 Å². The van der Waals surface area contributed by atoms with Crippen LogP contribution in [0.25, 0.3) is 22.5 Å². The van der Waals surface area contributed by atoms with Crippen LogP contribution in [0.1, 0.15) is 35.3 Å². The molecule has 0 spiro atoms. The monoisotopic (exact) mass is 556 g/mol. The second-order valence-electron chi connectivity index (χ2n) is 10.4. The molecule has 3 aromatic carbocycles. The first-order valence-corrected chi connectivity index (χ1v) is 13.3. The van der Waals surface area contributed by atoms with E-state index in [1.807, 2.05) is 38.1 Å². The van der Waals surface area contributed by atoms with Crippen LogP contribution >= 0.6 is 0 Å². The number of nitrogens with zero attached hydrogens (tertiary/aromatic N) is 4. The van der Waals surface area contributed by atoms with Crippen LogP contribution in [0.5, 0.6) is 0 Å². The average Bonchev–Trinajstić information content (AvgIpc) is 3.13. The summed E-state index contributed by atoms with van der Waals surface area (Å²) in [6.45, 7) is 4.96. The van der Waals surface area contributed by atoms with E-state index in [1.165, 1.54) is 36.4 Å². The zero-order chi connectivity index (χ0) is 28.7. The zero-order valence-electron chi connectivity index (χ0n) is 22.5. The molecule has 3 heterocycles. The lowest BCUT2D eigenvalue weighted by atomic mass is 9.98. The van der Waals surface area contributed by atoms with Gasteiger partial charge in [-0.3, -0.25) is 9.79 Å². The fraction of sp³-hybridized carbons (Fsp3) is 0.226. The van der Waals surface area contributed by atoms with Crippen molar-refractivity contribution in [2.45, 2.75) is 32.5 Å². The summed E-state index contributed by atoms with van der Waals surface area (Å²) in [4.78, 5) is 28.6. The Bertz CT molecular complexity index is 1660. The first kappa shape index (κ1) is 26.6. The maximum Gasteiger partial charge on any atom is 0.257 e. The Kier molecular flexibility index (Phi) is 7.00. The number of carbonyl (C=O) groups is 1. The van der Waals surface area contributed by atoms with Crippen LogP contribution in [0, 0.1) is 17.5 Å². The molecule has 208 valence electrons. The Labute approximate surface area is 235 Å². The number of fused-ring (bicyclic) bond motifs is 3. The molecule has 10 heteroatoms. The summed E-state index contributed by atoms with van der Waals surface area (Å²) in [5, 5.41) is 6.40. The number of amides is 1. The van der Waals surface area contributed by atoms with Gasteiger partial charge in [0.25, 0.3) is 5.91 Å². The Balaban J connectivity index is 1.44. The molecule has 0 bridgehead atoms. The number of aromatic nitrogens is 2. The Hall–Kier alpha value is -4.57. The van der Waals surface area contributed by atoms with Crippen molar-refractivity contribution >= 4 is 23.8 Å². The highest BCUT2D eigenvalue weighted by Gasteiger charge is 2.28. The van der Waals surface area contributed by atoms with Gasteiger partial charge >= 0.3 is 0 Å². The summed E-state index contributed by atoms with van der Waals surface area (Å²) in [5.41, 5.74) is 2.49. The second-order valence-corrected chi connectivity index (χ2v) is 10.4. The van der Waals surface area contributed by atoms with Crippen LogP contribution in [0.4, 0.5) is 24.8 Å². The third kappa shape index (κ3) is 5.18. The van der Waals surface area contributed by atoms with Crippen molar-refractivity contribution in [3.63, 3.8) is 0 Å². The van der Waals surface area contributed by atoms with E-state index >= 15 is 8.78 Å². The first-order chi connectivity index (χ1) is 19.8. The molecule has 1 aromatic heterocycles. The quantitative estimate of drug-likeness (QED) is 0.336. The molecule has 2 aliphatic rings. The lowest BCUT2D eigenvalue weighted by Crippen LogP contribution is -2.55.